The summed E-state index contributed by atoms with van der Waals surface area (Å²) < 4.78 is 7.53. The first-order valence-corrected chi connectivity index (χ1v) is 9.96. The van der Waals surface area contributed by atoms with E-state index >= 15 is 0 Å². The summed E-state index contributed by atoms with van der Waals surface area (Å²) in [6.45, 7) is 4.02. The van der Waals surface area contributed by atoms with Crippen molar-refractivity contribution in [1.82, 2.24) is 19.7 Å². The Morgan fingerprint density at radius 2 is 1.81 bits per heavy atom. The summed E-state index contributed by atoms with van der Waals surface area (Å²) in [5, 5.41) is 12.8. The molecule has 0 spiro atoms. The number of ether oxygens (including phenoxy) is 1. The fourth-order valence-electron chi connectivity index (χ4n) is 3.22. The molecular formula is C23H23Cl2N5O. The van der Waals surface area contributed by atoms with E-state index in [2.05, 4.69) is 27.4 Å². The van der Waals surface area contributed by atoms with Crippen LogP contribution in [0.1, 0.15) is 24.2 Å². The van der Waals surface area contributed by atoms with Gasteiger partial charge in [-0.2, -0.15) is 0 Å². The van der Waals surface area contributed by atoms with Gasteiger partial charge >= 0.3 is 0 Å². The van der Waals surface area contributed by atoms with Gasteiger partial charge in [0.25, 0.3) is 0 Å². The lowest BCUT2D eigenvalue weighted by atomic mass is 10.1. The van der Waals surface area contributed by atoms with Crippen LogP contribution in [-0.2, 0) is 0 Å². The lowest BCUT2D eigenvalue weighted by Gasteiger charge is -2.15. The Labute approximate surface area is 192 Å². The lowest BCUT2D eigenvalue weighted by Crippen LogP contribution is -2.08. The third-order valence-electron chi connectivity index (χ3n) is 4.86. The van der Waals surface area contributed by atoms with E-state index in [1.807, 2.05) is 72.3 Å². The highest BCUT2D eigenvalue weighted by Gasteiger charge is 2.11. The van der Waals surface area contributed by atoms with Crippen LogP contribution >= 0.6 is 24.0 Å². The van der Waals surface area contributed by atoms with Crippen LogP contribution in [0, 0.1) is 6.92 Å². The van der Waals surface area contributed by atoms with E-state index in [1.165, 1.54) is 0 Å². The highest BCUT2D eigenvalue weighted by atomic mass is 35.5. The third-order valence-corrected chi connectivity index (χ3v) is 5.12. The van der Waals surface area contributed by atoms with Crippen molar-refractivity contribution in [3.8, 4) is 22.7 Å². The zero-order chi connectivity index (χ0) is 21.1. The van der Waals surface area contributed by atoms with E-state index in [9.17, 15) is 0 Å². The van der Waals surface area contributed by atoms with Crippen LogP contribution in [0.5, 0.6) is 5.75 Å². The number of nitrogens with one attached hydrogen (secondary N) is 1. The molecule has 31 heavy (non-hydrogen) atoms. The highest BCUT2D eigenvalue weighted by molar-refractivity contribution is 6.30. The molecule has 0 saturated heterocycles. The van der Waals surface area contributed by atoms with Crippen LogP contribution in [0.2, 0.25) is 5.02 Å². The van der Waals surface area contributed by atoms with Gasteiger partial charge in [-0.3, -0.25) is 0 Å². The lowest BCUT2D eigenvalue weighted by molar-refractivity contribution is 0.413. The van der Waals surface area contributed by atoms with Gasteiger partial charge in [-0.25, -0.2) is 4.98 Å². The summed E-state index contributed by atoms with van der Waals surface area (Å²) in [6, 6.07) is 17.7. The molecule has 0 amide bonds. The van der Waals surface area contributed by atoms with Gasteiger partial charge in [-0.05, 0) is 55.8 Å². The van der Waals surface area contributed by atoms with E-state index in [0.717, 1.165) is 39.0 Å². The predicted molar refractivity (Wildman–Crippen MR) is 127 cm³/mol. The molecule has 2 heterocycles. The van der Waals surface area contributed by atoms with Crippen molar-refractivity contribution in [1.29, 1.82) is 0 Å². The zero-order valence-corrected chi connectivity index (χ0v) is 19.0. The molecule has 0 fully saturated rings. The number of halogens is 2. The average molecular weight is 456 g/mol. The van der Waals surface area contributed by atoms with E-state index in [4.69, 9.17) is 16.3 Å². The van der Waals surface area contributed by atoms with Crippen LogP contribution in [-0.4, -0.2) is 26.9 Å². The van der Waals surface area contributed by atoms with Gasteiger partial charge < -0.3 is 14.6 Å². The van der Waals surface area contributed by atoms with Crippen molar-refractivity contribution < 1.29 is 4.74 Å². The average Bonchev–Trinajstić information content (AvgIpc) is 3.20. The van der Waals surface area contributed by atoms with Crippen molar-refractivity contribution >= 4 is 29.8 Å². The molecule has 1 N–H and O–H groups in total. The number of imidazole rings is 1. The molecule has 0 aliphatic heterocycles. The van der Waals surface area contributed by atoms with Crippen molar-refractivity contribution in [2.75, 3.05) is 12.4 Å². The monoisotopic (exact) mass is 455 g/mol. The van der Waals surface area contributed by atoms with E-state index < -0.39 is 0 Å². The molecule has 2 aromatic carbocycles. The summed E-state index contributed by atoms with van der Waals surface area (Å²) in [7, 11) is 1.66. The zero-order valence-electron chi connectivity index (χ0n) is 17.4. The summed E-state index contributed by atoms with van der Waals surface area (Å²) in [4.78, 5) is 4.28. The van der Waals surface area contributed by atoms with Crippen molar-refractivity contribution in [2.45, 2.75) is 19.9 Å². The Morgan fingerprint density at radius 3 is 2.42 bits per heavy atom. The van der Waals surface area contributed by atoms with Crippen LogP contribution in [0.3, 0.4) is 0 Å². The Bertz CT molecular complexity index is 1140. The van der Waals surface area contributed by atoms with Gasteiger partial charge in [0.2, 0.25) is 0 Å². The third kappa shape index (κ3) is 5.16. The van der Waals surface area contributed by atoms with Gasteiger partial charge in [0.15, 0.2) is 0 Å². The molecule has 160 valence electrons. The molecule has 4 rings (SSSR count). The van der Waals surface area contributed by atoms with E-state index in [-0.39, 0.29) is 18.4 Å². The molecule has 0 bridgehead atoms. The SMILES string of the molecule is COc1cc(-c2ccc(NC(C)c3ccc(Cl)cc3)nn2)ccc1-n1cnc(C)c1.Cl. The Kier molecular flexibility index (Phi) is 7.15. The van der Waals surface area contributed by atoms with Gasteiger partial charge in [0, 0.05) is 16.8 Å². The van der Waals surface area contributed by atoms with Gasteiger partial charge in [-0.15, -0.1) is 22.6 Å². The number of hydrogen-bond acceptors (Lipinski definition) is 5. The van der Waals surface area contributed by atoms with Crippen LogP contribution in [0.25, 0.3) is 16.9 Å². The number of aromatic nitrogens is 4. The molecular weight excluding hydrogens is 433 g/mol. The van der Waals surface area contributed by atoms with Crippen LogP contribution < -0.4 is 10.1 Å². The van der Waals surface area contributed by atoms with Crippen molar-refractivity contribution in [3.05, 3.63) is 83.4 Å². The maximum Gasteiger partial charge on any atom is 0.149 e. The number of anilines is 1. The largest absolute Gasteiger partial charge is 0.495 e. The molecule has 0 saturated carbocycles. The molecule has 0 radical (unpaired) electrons. The van der Waals surface area contributed by atoms with Gasteiger partial charge in [0.05, 0.1) is 36.6 Å². The smallest absolute Gasteiger partial charge is 0.149 e. The van der Waals surface area contributed by atoms with E-state index in [0.29, 0.717) is 5.82 Å². The molecule has 6 nitrogen and oxygen atoms in total. The predicted octanol–water partition coefficient (Wildman–Crippen LogP) is 5.89. The minimum absolute atomic E-state index is 0. The Morgan fingerprint density at radius 1 is 1.03 bits per heavy atom. The number of nitrogens with zero attached hydrogens (tertiary/aromatic N) is 4. The Balaban J connectivity index is 0.00000272. The maximum absolute atomic E-state index is 5.96. The van der Waals surface area contributed by atoms with Crippen molar-refractivity contribution in [3.63, 3.8) is 0 Å². The second-order valence-corrected chi connectivity index (χ2v) is 7.47. The standard InChI is InChI=1S/C23H22ClN5O.ClH/c1-15-13-29(14-25-15)21-10-6-18(12-22(21)30-3)20-9-11-23(28-27-20)26-16(2)17-4-7-19(24)8-5-17;/h4-14,16H,1-3H3,(H,26,28);1H. The Hall–Kier alpha value is -3.09. The summed E-state index contributed by atoms with van der Waals surface area (Å²) >= 11 is 5.96. The fraction of sp³-hybridized carbons (Fsp3) is 0.174. The topological polar surface area (TPSA) is 64.9 Å². The molecule has 1 atom stereocenters. The molecule has 8 heteroatoms. The van der Waals surface area contributed by atoms with Gasteiger partial charge in [-0.1, -0.05) is 29.8 Å². The normalized spacial score (nSPS) is 11.5. The van der Waals surface area contributed by atoms with Gasteiger partial charge in [0.1, 0.15) is 11.6 Å². The number of methoxy groups -OCH3 is 1. The first kappa shape index (κ1) is 22.6. The van der Waals surface area contributed by atoms with E-state index in [1.54, 1.807) is 13.4 Å². The summed E-state index contributed by atoms with van der Waals surface area (Å²) in [6.07, 6.45) is 3.73. The minimum atomic E-state index is 0. The molecule has 0 aliphatic carbocycles. The number of benzene rings is 2. The molecule has 4 aromatic rings. The number of rotatable bonds is 6. The minimum Gasteiger partial charge on any atom is -0.495 e. The summed E-state index contributed by atoms with van der Waals surface area (Å²) in [5.74, 6) is 1.45. The summed E-state index contributed by atoms with van der Waals surface area (Å²) in [5.41, 5.74) is 4.69. The first-order valence-electron chi connectivity index (χ1n) is 9.58. The fourth-order valence-corrected chi connectivity index (χ4v) is 3.35. The second kappa shape index (κ2) is 9.81. The quantitative estimate of drug-likeness (QED) is 0.392. The maximum atomic E-state index is 5.96. The first-order chi connectivity index (χ1) is 14.5. The number of hydrogen-bond donors (Lipinski definition) is 1. The highest BCUT2D eigenvalue weighted by Crippen LogP contribution is 2.29. The second-order valence-electron chi connectivity index (χ2n) is 7.03. The molecule has 0 aliphatic rings. The van der Waals surface area contributed by atoms with Crippen LogP contribution in [0.15, 0.2) is 67.1 Å². The number of aryl methyl sites for hydroxylation is 1. The molecule has 2 aromatic heterocycles. The van der Waals surface area contributed by atoms with Crippen LogP contribution in [0.4, 0.5) is 5.82 Å². The van der Waals surface area contributed by atoms with Crippen molar-refractivity contribution in [2.24, 2.45) is 0 Å². The molecule has 1 unspecified atom stereocenters.